The van der Waals surface area contributed by atoms with E-state index < -0.39 is 23.6 Å². The second kappa shape index (κ2) is 9.19. The molecule has 0 fully saturated rings. The third kappa shape index (κ3) is 4.04. The molecule has 0 bridgehead atoms. The fourth-order valence-electron chi connectivity index (χ4n) is 3.94. The topological polar surface area (TPSA) is 103 Å². The first-order chi connectivity index (χ1) is 15.4. The van der Waals surface area contributed by atoms with E-state index in [9.17, 15) is 13.6 Å². The number of ether oxygens (including phenoxy) is 3. The number of nitrogens with one attached hydrogen (secondary N) is 1. The summed E-state index contributed by atoms with van der Waals surface area (Å²) >= 11 is 0. The number of benzene rings is 1. The monoisotopic (exact) mass is 446 g/mol. The highest BCUT2D eigenvalue weighted by atomic mass is 19.1. The number of hydrogen-bond acceptors (Lipinski definition) is 6. The number of methoxy groups -OCH3 is 2. The molecule has 10 heteroatoms. The predicted molar refractivity (Wildman–Crippen MR) is 113 cm³/mol. The lowest BCUT2D eigenvalue weighted by molar-refractivity contribution is 0.0250. The molecule has 3 aromatic rings. The van der Waals surface area contributed by atoms with Crippen molar-refractivity contribution in [1.29, 1.82) is 0 Å². The summed E-state index contributed by atoms with van der Waals surface area (Å²) in [6.07, 6.45) is 0. The van der Waals surface area contributed by atoms with Gasteiger partial charge in [-0.25, -0.2) is 13.8 Å². The number of hydrogen-bond donors (Lipinski definition) is 2. The maximum absolute atomic E-state index is 14.4. The molecule has 8 nitrogen and oxygen atoms in total. The highest BCUT2D eigenvalue weighted by Gasteiger charge is 2.29. The molecule has 1 aliphatic heterocycles. The van der Waals surface area contributed by atoms with Crippen molar-refractivity contribution >= 4 is 22.8 Å². The lowest BCUT2D eigenvalue weighted by atomic mass is 10.1. The van der Waals surface area contributed by atoms with E-state index in [1.807, 2.05) is 0 Å². The zero-order chi connectivity index (χ0) is 22.8. The summed E-state index contributed by atoms with van der Waals surface area (Å²) in [5.74, 6) is -1.60. The average molecular weight is 446 g/mol. The number of aromatic nitrogens is 2. The molecule has 0 radical (unpaired) electrons. The third-order valence-electron chi connectivity index (χ3n) is 5.55. The number of pyridine rings is 1. The Morgan fingerprint density at radius 2 is 1.88 bits per heavy atom. The van der Waals surface area contributed by atoms with Gasteiger partial charge in [-0.05, 0) is 18.2 Å². The Kier molecular flexibility index (Phi) is 6.35. The molecule has 4 rings (SSSR count). The molecule has 0 unspecified atom stereocenters. The van der Waals surface area contributed by atoms with Gasteiger partial charge in [-0.1, -0.05) is 6.07 Å². The zero-order valence-corrected chi connectivity index (χ0v) is 17.8. The number of amides is 1. The lowest BCUT2D eigenvalue weighted by Gasteiger charge is -2.31. The summed E-state index contributed by atoms with van der Waals surface area (Å²) in [5, 5.41) is 0. The van der Waals surface area contributed by atoms with Gasteiger partial charge in [0.05, 0.1) is 50.0 Å². The quantitative estimate of drug-likeness (QED) is 0.552. The van der Waals surface area contributed by atoms with Crippen LogP contribution in [0.4, 0.5) is 14.6 Å². The van der Waals surface area contributed by atoms with E-state index in [0.29, 0.717) is 30.1 Å². The highest BCUT2D eigenvalue weighted by molar-refractivity contribution is 5.98. The first kappa shape index (κ1) is 22.1. The molecule has 1 aromatic carbocycles. The molecular weight excluding hydrogens is 422 g/mol. The Bertz CT molecular complexity index is 1120. The Balaban J connectivity index is 1.75. The fourth-order valence-corrected chi connectivity index (χ4v) is 3.94. The van der Waals surface area contributed by atoms with Crippen LogP contribution in [0.5, 0.6) is 0 Å². The number of anilines is 1. The van der Waals surface area contributed by atoms with E-state index in [-0.39, 0.29) is 31.0 Å². The Morgan fingerprint density at radius 1 is 1.22 bits per heavy atom. The van der Waals surface area contributed by atoms with Crippen molar-refractivity contribution in [2.75, 3.05) is 33.2 Å². The smallest absolute Gasteiger partial charge is 0.271 e. The number of nitrogens with zero attached hydrogens (tertiary/aromatic N) is 2. The maximum atomic E-state index is 14.4. The minimum absolute atomic E-state index is 0.115. The molecule has 1 amide bonds. The van der Waals surface area contributed by atoms with Gasteiger partial charge < -0.3 is 29.8 Å². The zero-order valence-electron chi connectivity index (χ0n) is 17.8. The van der Waals surface area contributed by atoms with Gasteiger partial charge in [0.25, 0.3) is 5.91 Å². The van der Waals surface area contributed by atoms with Crippen molar-refractivity contribution < 1.29 is 27.8 Å². The first-order valence-electron chi connectivity index (χ1n) is 10.0. The minimum Gasteiger partial charge on any atom is -0.383 e. The molecule has 0 spiro atoms. The summed E-state index contributed by atoms with van der Waals surface area (Å²) < 4.78 is 44.7. The molecule has 1 aliphatic rings. The lowest BCUT2D eigenvalue weighted by Crippen LogP contribution is -2.45. The number of fused-ring (bicyclic) bond motifs is 3. The summed E-state index contributed by atoms with van der Waals surface area (Å²) in [4.78, 5) is 22.4. The Labute approximate surface area is 183 Å². The second-order valence-electron chi connectivity index (χ2n) is 7.59. The number of carbonyl (C=O) groups is 1. The normalized spacial score (nSPS) is 13.2. The molecule has 0 saturated carbocycles. The van der Waals surface area contributed by atoms with Crippen LogP contribution in [0.15, 0.2) is 24.3 Å². The average Bonchev–Trinajstić information content (AvgIpc) is 3.40. The number of nitrogens with two attached hydrogens (primary N) is 1. The Hall–Kier alpha value is -3.08. The van der Waals surface area contributed by atoms with Crippen molar-refractivity contribution in [2.45, 2.75) is 25.8 Å². The van der Waals surface area contributed by atoms with E-state index >= 15 is 0 Å². The second-order valence-corrected chi connectivity index (χ2v) is 7.59. The summed E-state index contributed by atoms with van der Waals surface area (Å²) in [7, 11) is 2.96. The maximum Gasteiger partial charge on any atom is 0.271 e. The number of aromatic amines is 1. The van der Waals surface area contributed by atoms with E-state index in [1.54, 1.807) is 6.07 Å². The van der Waals surface area contributed by atoms with Crippen LogP contribution in [0.1, 0.15) is 27.2 Å². The molecule has 0 aliphatic carbocycles. The minimum atomic E-state index is -0.738. The third-order valence-corrected chi connectivity index (χ3v) is 5.55. The van der Waals surface area contributed by atoms with Gasteiger partial charge in [0.15, 0.2) is 0 Å². The molecular formula is C22H24F2N4O4. The van der Waals surface area contributed by atoms with Crippen LogP contribution in [0.2, 0.25) is 0 Å². The van der Waals surface area contributed by atoms with E-state index in [2.05, 4.69) is 9.97 Å². The summed E-state index contributed by atoms with van der Waals surface area (Å²) in [6.45, 7) is 0.636. The van der Waals surface area contributed by atoms with Crippen molar-refractivity contribution in [1.82, 2.24) is 14.9 Å². The van der Waals surface area contributed by atoms with Crippen molar-refractivity contribution in [3.63, 3.8) is 0 Å². The largest absolute Gasteiger partial charge is 0.383 e. The van der Waals surface area contributed by atoms with Crippen molar-refractivity contribution in [3.8, 4) is 0 Å². The molecule has 170 valence electrons. The molecule has 2 aromatic heterocycles. The Morgan fingerprint density at radius 3 is 2.53 bits per heavy atom. The molecule has 0 saturated heterocycles. The first-order valence-corrected chi connectivity index (χ1v) is 10.0. The van der Waals surface area contributed by atoms with Gasteiger partial charge in [-0.15, -0.1) is 0 Å². The SMILES string of the molecule is COCC(COC)N(Cc1c(F)cccc1F)C(=O)c1cc2nc(N)c3c(c2[nH]1)COC3. The standard InChI is InChI=1S/C22H24F2N4O4/c1-30-8-12(9-31-2)28(7-13-16(23)4-3-5-17(13)24)22(29)19-6-18-20(26-19)14-10-32-11-15(14)21(25)27-18/h3-6,12,26H,7-11H2,1-2H3,(H2,25,27). The molecule has 32 heavy (non-hydrogen) atoms. The van der Waals surface area contributed by atoms with Crippen molar-refractivity contribution in [2.24, 2.45) is 0 Å². The van der Waals surface area contributed by atoms with E-state index in [4.69, 9.17) is 19.9 Å². The van der Waals surface area contributed by atoms with Crippen LogP contribution in [0.3, 0.4) is 0 Å². The van der Waals surface area contributed by atoms with Gasteiger partial charge in [-0.2, -0.15) is 0 Å². The van der Waals surface area contributed by atoms with Gasteiger partial charge >= 0.3 is 0 Å². The van der Waals surface area contributed by atoms with Gasteiger partial charge in [-0.3, -0.25) is 4.79 Å². The predicted octanol–water partition coefficient (Wildman–Crippen LogP) is 2.76. The highest BCUT2D eigenvalue weighted by Crippen LogP contribution is 2.31. The van der Waals surface area contributed by atoms with Crippen LogP contribution in [0, 0.1) is 11.6 Å². The van der Waals surface area contributed by atoms with Crippen LogP contribution in [0.25, 0.3) is 11.0 Å². The van der Waals surface area contributed by atoms with Crippen LogP contribution >= 0.6 is 0 Å². The van der Waals surface area contributed by atoms with Crippen LogP contribution in [-0.4, -0.2) is 54.3 Å². The summed E-state index contributed by atoms with van der Waals surface area (Å²) in [6, 6.07) is 4.57. The van der Waals surface area contributed by atoms with E-state index in [1.165, 1.54) is 25.2 Å². The van der Waals surface area contributed by atoms with Gasteiger partial charge in [0.1, 0.15) is 23.1 Å². The molecule has 3 heterocycles. The van der Waals surface area contributed by atoms with Crippen LogP contribution in [-0.2, 0) is 34.0 Å². The van der Waals surface area contributed by atoms with Crippen molar-refractivity contribution in [3.05, 3.63) is 58.3 Å². The number of H-pyrrole nitrogens is 1. The summed E-state index contributed by atoms with van der Waals surface area (Å²) in [5.41, 5.74) is 8.83. The number of nitrogen functional groups attached to an aromatic ring is 1. The molecule has 3 N–H and O–H groups in total. The van der Waals surface area contributed by atoms with Gasteiger partial charge in [0.2, 0.25) is 0 Å². The van der Waals surface area contributed by atoms with Crippen LogP contribution < -0.4 is 5.73 Å². The van der Waals surface area contributed by atoms with Gasteiger partial charge in [0, 0.05) is 30.9 Å². The number of carbonyl (C=O) groups excluding carboxylic acids is 1. The van der Waals surface area contributed by atoms with E-state index in [0.717, 1.165) is 23.3 Å². The number of rotatable bonds is 8. The molecule has 0 atom stereocenters. The number of halogens is 2. The fraction of sp³-hybridized carbons (Fsp3) is 0.364.